The third-order valence-corrected chi connectivity index (χ3v) is 5.94. The molecule has 33 heavy (non-hydrogen) atoms. The van der Waals surface area contributed by atoms with Gasteiger partial charge in [0.05, 0.1) is 17.2 Å². The predicted octanol–water partition coefficient (Wildman–Crippen LogP) is 5.96. The van der Waals surface area contributed by atoms with Crippen molar-refractivity contribution in [3.05, 3.63) is 70.8 Å². The molecule has 1 heterocycles. The zero-order valence-electron chi connectivity index (χ0n) is 17.7. The standard InChI is InChI=1S/C23H24F6N2O2/c1-2-18-12-19(20(31(18)21(32)33)10-14-6-4-3-5-7-14)30-13-15-8-16(22(24,25)26)11-17(9-15)23(27,28)29/h3-9,11,18-20,30H,2,10,12-13H2,1H3,(H,32,33)/t18-,19+,20+/m1/s1. The van der Waals surface area contributed by atoms with Gasteiger partial charge >= 0.3 is 18.4 Å². The van der Waals surface area contributed by atoms with Gasteiger partial charge in [0.2, 0.25) is 0 Å². The van der Waals surface area contributed by atoms with Crippen molar-refractivity contribution in [2.45, 2.75) is 63.2 Å². The highest BCUT2D eigenvalue weighted by Crippen LogP contribution is 2.36. The average Bonchev–Trinajstić information content (AvgIpc) is 3.09. The molecule has 180 valence electrons. The monoisotopic (exact) mass is 474 g/mol. The van der Waals surface area contributed by atoms with Crippen LogP contribution in [0.1, 0.15) is 42.0 Å². The molecule has 1 aliphatic rings. The number of halogens is 6. The van der Waals surface area contributed by atoms with Crippen LogP contribution in [0.15, 0.2) is 48.5 Å². The minimum absolute atomic E-state index is 0.0938. The minimum atomic E-state index is -4.92. The molecule has 1 aliphatic heterocycles. The molecular formula is C23H24F6N2O2. The molecule has 0 aliphatic carbocycles. The van der Waals surface area contributed by atoms with E-state index in [0.717, 1.165) is 5.56 Å². The predicted molar refractivity (Wildman–Crippen MR) is 110 cm³/mol. The first-order chi connectivity index (χ1) is 15.4. The Morgan fingerprint density at radius 1 is 1.00 bits per heavy atom. The third-order valence-electron chi connectivity index (χ3n) is 5.94. The second-order valence-corrected chi connectivity index (χ2v) is 8.15. The number of nitrogens with one attached hydrogen (secondary N) is 1. The van der Waals surface area contributed by atoms with Crippen molar-refractivity contribution >= 4 is 6.09 Å². The van der Waals surface area contributed by atoms with Crippen LogP contribution in [0.25, 0.3) is 0 Å². The lowest BCUT2D eigenvalue weighted by Gasteiger charge is -2.29. The fraction of sp³-hybridized carbons (Fsp3) is 0.435. The van der Waals surface area contributed by atoms with Crippen LogP contribution in [0, 0.1) is 0 Å². The number of rotatable bonds is 6. The van der Waals surface area contributed by atoms with Gasteiger partial charge in [-0.3, -0.25) is 0 Å². The van der Waals surface area contributed by atoms with E-state index >= 15 is 0 Å². The summed E-state index contributed by atoms with van der Waals surface area (Å²) in [5.41, 5.74) is -2.03. The Hall–Kier alpha value is -2.75. The van der Waals surface area contributed by atoms with Crippen molar-refractivity contribution in [3.8, 4) is 0 Å². The maximum absolute atomic E-state index is 13.2. The Morgan fingerprint density at radius 2 is 1.58 bits per heavy atom. The van der Waals surface area contributed by atoms with Crippen LogP contribution in [-0.4, -0.2) is 34.2 Å². The summed E-state index contributed by atoms with van der Waals surface area (Å²) in [7, 11) is 0. The van der Waals surface area contributed by atoms with E-state index in [1.54, 1.807) is 0 Å². The van der Waals surface area contributed by atoms with Gasteiger partial charge in [-0.15, -0.1) is 0 Å². The van der Waals surface area contributed by atoms with Crippen LogP contribution in [0.4, 0.5) is 31.1 Å². The summed E-state index contributed by atoms with van der Waals surface area (Å²) >= 11 is 0. The third kappa shape index (κ3) is 5.98. The molecule has 0 bridgehead atoms. The summed E-state index contributed by atoms with van der Waals surface area (Å²) < 4.78 is 79.0. The van der Waals surface area contributed by atoms with Crippen LogP contribution >= 0.6 is 0 Å². The quantitative estimate of drug-likeness (QED) is 0.509. The van der Waals surface area contributed by atoms with Crippen LogP contribution in [-0.2, 0) is 25.3 Å². The van der Waals surface area contributed by atoms with Gasteiger partial charge in [-0.1, -0.05) is 37.3 Å². The summed E-state index contributed by atoms with van der Waals surface area (Å²) in [6.45, 7) is 1.58. The van der Waals surface area contributed by atoms with Crippen LogP contribution in [0.2, 0.25) is 0 Å². The van der Waals surface area contributed by atoms with E-state index in [0.29, 0.717) is 31.4 Å². The van der Waals surface area contributed by atoms with Crippen LogP contribution < -0.4 is 5.32 Å². The molecule has 0 spiro atoms. The van der Waals surface area contributed by atoms with Gasteiger partial charge in [-0.05, 0) is 48.6 Å². The number of carbonyl (C=O) groups is 1. The molecule has 0 aromatic heterocycles. The number of benzene rings is 2. The SMILES string of the molecule is CC[C@@H]1C[C@H](NCc2cc(C(F)(F)F)cc(C(F)(F)F)c2)[C@H](Cc2ccccc2)N1C(=O)O. The van der Waals surface area contributed by atoms with Gasteiger partial charge in [0.1, 0.15) is 0 Å². The van der Waals surface area contributed by atoms with Crippen molar-refractivity contribution in [2.24, 2.45) is 0 Å². The van der Waals surface area contributed by atoms with Gasteiger partial charge in [-0.25, -0.2) is 4.79 Å². The molecule has 3 rings (SSSR count). The number of nitrogens with zero attached hydrogens (tertiary/aromatic N) is 1. The molecule has 1 amide bonds. The number of carboxylic acid groups (broad SMARTS) is 1. The number of hydrogen-bond acceptors (Lipinski definition) is 2. The van der Waals surface area contributed by atoms with Gasteiger partial charge in [0, 0.05) is 18.6 Å². The molecule has 0 unspecified atom stereocenters. The number of likely N-dealkylation sites (tertiary alicyclic amines) is 1. The van der Waals surface area contributed by atoms with Crippen LogP contribution in [0.5, 0.6) is 0 Å². The smallest absolute Gasteiger partial charge is 0.416 e. The van der Waals surface area contributed by atoms with Crippen molar-refractivity contribution in [1.29, 1.82) is 0 Å². The summed E-state index contributed by atoms with van der Waals surface area (Å²) in [6.07, 6.45) is -9.63. The zero-order valence-corrected chi connectivity index (χ0v) is 17.7. The Bertz CT molecular complexity index is 929. The fourth-order valence-electron chi connectivity index (χ4n) is 4.38. The number of amides is 1. The van der Waals surface area contributed by atoms with Crippen molar-refractivity contribution in [2.75, 3.05) is 0 Å². The fourth-order valence-corrected chi connectivity index (χ4v) is 4.38. The topological polar surface area (TPSA) is 52.6 Å². The maximum atomic E-state index is 13.2. The van der Waals surface area contributed by atoms with E-state index in [-0.39, 0.29) is 24.2 Å². The molecule has 0 saturated carbocycles. The minimum Gasteiger partial charge on any atom is -0.465 e. The largest absolute Gasteiger partial charge is 0.465 e. The Kier molecular flexibility index (Phi) is 7.26. The molecule has 0 radical (unpaired) electrons. The summed E-state index contributed by atoms with van der Waals surface area (Å²) in [6, 6.07) is 9.37. The normalized spacial score (nSPS) is 21.4. The molecule has 2 aromatic rings. The molecule has 2 aromatic carbocycles. The highest BCUT2D eigenvalue weighted by atomic mass is 19.4. The van der Waals surface area contributed by atoms with Gasteiger partial charge in [0.15, 0.2) is 0 Å². The van der Waals surface area contributed by atoms with Gasteiger partial charge in [-0.2, -0.15) is 26.3 Å². The van der Waals surface area contributed by atoms with Crippen molar-refractivity contribution < 1.29 is 36.2 Å². The summed E-state index contributed by atoms with van der Waals surface area (Å²) in [5.74, 6) is 0. The molecule has 3 atom stereocenters. The first-order valence-corrected chi connectivity index (χ1v) is 10.5. The van der Waals surface area contributed by atoms with Gasteiger partial charge < -0.3 is 15.3 Å². The molecule has 4 nitrogen and oxygen atoms in total. The first kappa shape index (κ1) is 24.9. The molecular weight excluding hydrogens is 450 g/mol. The van der Waals surface area contributed by atoms with Crippen LogP contribution in [0.3, 0.4) is 0 Å². The molecule has 2 N–H and O–H groups in total. The molecule has 1 fully saturated rings. The van der Waals surface area contributed by atoms with Gasteiger partial charge in [0.25, 0.3) is 0 Å². The Balaban J connectivity index is 1.87. The lowest BCUT2D eigenvalue weighted by atomic mass is 9.99. The lowest BCUT2D eigenvalue weighted by Crippen LogP contribution is -2.47. The van der Waals surface area contributed by atoms with Crippen molar-refractivity contribution in [3.63, 3.8) is 0 Å². The van der Waals surface area contributed by atoms with E-state index < -0.39 is 41.7 Å². The summed E-state index contributed by atoms with van der Waals surface area (Å²) in [5, 5.41) is 12.8. The number of hydrogen-bond donors (Lipinski definition) is 2. The first-order valence-electron chi connectivity index (χ1n) is 10.5. The Morgan fingerprint density at radius 3 is 2.06 bits per heavy atom. The average molecular weight is 474 g/mol. The van der Waals surface area contributed by atoms with E-state index in [2.05, 4.69) is 5.32 Å². The highest BCUT2D eigenvalue weighted by Gasteiger charge is 2.43. The second kappa shape index (κ2) is 9.62. The molecule has 1 saturated heterocycles. The Labute approximate surface area is 187 Å². The van der Waals surface area contributed by atoms with E-state index in [1.807, 2.05) is 37.3 Å². The van der Waals surface area contributed by atoms with Crippen molar-refractivity contribution in [1.82, 2.24) is 10.2 Å². The van der Waals surface area contributed by atoms with E-state index in [4.69, 9.17) is 0 Å². The maximum Gasteiger partial charge on any atom is 0.416 e. The summed E-state index contributed by atoms with van der Waals surface area (Å²) in [4.78, 5) is 13.3. The highest BCUT2D eigenvalue weighted by molar-refractivity contribution is 5.66. The lowest BCUT2D eigenvalue weighted by molar-refractivity contribution is -0.143. The second-order valence-electron chi connectivity index (χ2n) is 8.15. The zero-order chi connectivity index (χ0) is 24.4. The van der Waals surface area contributed by atoms with E-state index in [9.17, 15) is 36.2 Å². The molecule has 10 heteroatoms. The van der Waals surface area contributed by atoms with E-state index in [1.165, 1.54) is 4.90 Å². The number of alkyl halides is 6.